The van der Waals surface area contributed by atoms with E-state index in [4.69, 9.17) is 4.74 Å². The second kappa shape index (κ2) is 5.65. The molecule has 0 saturated carbocycles. The van der Waals surface area contributed by atoms with Gasteiger partial charge in [0, 0.05) is 36.5 Å². The largest absolute Gasteiger partial charge is 0.554 e. The maximum absolute atomic E-state index is 6.24. The monoisotopic (exact) mass is 335 g/mol. The maximum atomic E-state index is 6.24. The van der Waals surface area contributed by atoms with Crippen LogP contribution in [0, 0.1) is 5.92 Å². The van der Waals surface area contributed by atoms with E-state index >= 15 is 0 Å². The normalized spacial score (nSPS) is 29.5. The number of nitrogens with one attached hydrogen (secondary N) is 1. The van der Waals surface area contributed by atoms with E-state index in [0.717, 1.165) is 17.8 Å². The molecule has 3 fully saturated rings. The molecule has 126 valence electrons. The second-order valence-electron chi connectivity index (χ2n) is 6.82. The summed E-state index contributed by atoms with van der Waals surface area (Å²) in [4.78, 5) is 15.1. The summed E-state index contributed by atoms with van der Waals surface area (Å²) in [5, 5.41) is 3.19. The smallest absolute Gasteiger partial charge is 0.401 e. The highest BCUT2D eigenvalue weighted by Gasteiger charge is 2.54. The first kappa shape index (κ1) is 14.6. The van der Waals surface area contributed by atoms with E-state index in [1.54, 1.807) is 18.7 Å². The molecule has 2 aromatic heterocycles. The van der Waals surface area contributed by atoms with Crippen LogP contribution in [0.25, 0.3) is 11.3 Å². The van der Waals surface area contributed by atoms with Crippen LogP contribution < -0.4 is 9.98 Å². The Kier molecular flexibility index (Phi) is 3.29. The Morgan fingerprint density at radius 3 is 2.80 bits per heavy atom. The van der Waals surface area contributed by atoms with Gasteiger partial charge < -0.3 is 4.74 Å². The molecule has 1 spiro atoms. The Morgan fingerprint density at radius 1 is 1.20 bits per heavy atom. The topological polar surface area (TPSA) is 77.3 Å². The number of pyridine rings is 1. The first-order chi connectivity index (χ1) is 12.3. The maximum Gasteiger partial charge on any atom is 0.554 e. The van der Waals surface area contributed by atoms with Crippen molar-refractivity contribution in [2.45, 2.75) is 18.4 Å². The standard InChI is InChI=1S/C18H18N6O/c1-5-19-6-2-13(1)15-9-16(22-12-21-15)23-17-20-10-18(25-17)11-24-7-3-14(18)4-8-24/h1-2,5-6,9-10,12,14H,3-4,7-8,11H2/p+1. The summed E-state index contributed by atoms with van der Waals surface area (Å²) >= 11 is 0. The molecule has 0 amide bonds. The Morgan fingerprint density at radius 2 is 2.04 bits per heavy atom. The lowest BCUT2D eigenvalue weighted by atomic mass is 9.76. The number of rotatable bonds is 2. The van der Waals surface area contributed by atoms with Crippen molar-refractivity contribution in [2.24, 2.45) is 5.92 Å². The summed E-state index contributed by atoms with van der Waals surface area (Å²) in [6.07, 6.45) is 9.39. The number of nitrogens with zero attached hydrogens (tertiary/aromatic N) is 5. The minimum atomic E-state index is -0.264. The van der Waals surface area contributed by atoms with E-state index < -0.39 is 0 Å². The number of hydrogen-bond acceptors (Lipinski definition) is 6. The van der Waals surface area contributed by atoms with Gasteiger partial charge in [-0.2, -0.15) is 15.0 Å². The zero-order valence-electron chi connectivity index (χ0n) is 13.8. The average molecular weight is 335 g/mol. The lowest BCUT2D eigenvalue weighted by molar-refractivity contribution is -0.0474. The van der Waals surface area contributed by atoms with Gasteiger partial charge in [-0.3, -0.25) is 9.88 Å². The quantitative estimate of drug-likeness (QED) is 0.823. The molecule has 6 heterocycles. The van der Waals surface area contributed by atoms with Crippen LogP contribution in [-0.2, 0) is 4.74 Å². The number of aromatic nitrogens is 3. The van der Waals surface area contributed by atoms with Crippen LogP contribution in [0.4, 0.5) is 5.82 Å². The van der Waals surface area contributed by atoms with Gasteiger partial charge in [-0.15, -0.1) is 0 Å². The number of anilines is 1. The SMILES string of the molecule is C1=[N+]=C(Nc2cc(-c3ccncc3)ncn2)OC12CN1CCC2CC1. The molecule has 1 atom stereocenters. The predicted molar refractivity (Wildman–Crippen MR) is 95.1 cm³/mol. The first-order valence-electron chi connectivity index (χ1n) is 8.64. The summed E-state index contributed by atoms with van der Waals surface area (Å²) < 4.78 is 10.7. The van der Waals surface area contributed by atoms with E-state index in [2.05, 4.69) is 29.8 Å². The van der Waals surface area contributed by atoms with Crippen molar-refractivity contribution in [3.63, 3.8) is 0 Å². The number of piperidine rings is 3. The van der Waals surface area contributed by atoms with Crippen LogP contribution in [0.2, 0.25) is 0 Å². The Hall–Kier alpha value is -2.76. The number of amidine groups is 1. The second-order valence-corrected chi connectivity index (χ2v) is 6.82. The van der Waals surface area contributed by atoms with Crippen LogP contribution in [0.3, 0.4) is 0 Å². The van der Waals surface area contributed by atoms with Crippen molar-refractivity contribution in [2.75, 3.05) is 25.0 Å². The molecule has 6 rings (SSSR count). The molecule has 4 aliphatic rings. The van der Waals surface area contributed by atoms with Crippen LogP contribution in [0.15, 0.2) is 36.9 Å². The zero-order chi connectivity index (χ0) is 16.7. The van der Waals surface area contributed by atoms with Crippen LogP contribution in [-0.4, -0.2) is 57.3 Å². The van der Waals surface area contributed by atoms with Gasteiger partial charge in [0.15, 0.2) is 0 Å². The van der Waals surface area contributed by atoms with Crippen molar-refractivity contribution in [1.29, 1.82) is 0 Å². The van der Waals surface area contributed by atoms with E-state index in [1.165, 1.54) is 25.9 Å². The first-order valence-corrected chi connectivity index (χ1v) is 8.64. The van der Waals surface area contributed by atoms with E-state index in [-0.39, 0.29) is 5.60 Å². The highest BCUT2D eigenvalue weighted by molar-refractivity contribution is 5.95. The Labute approximate surface area is 145 Å². The minimum absolute atomic E-state index is 0.264. The van der Waals surface area contributed by atoms with E-state index in [0.29, 0.717) is 17.8 Å². The molecule has 2 bridgehead atoms. The van der Waals surface area contributed by atoms with Gasteiger partial charge in [-0.05, 0) is 38.1 Å². The van der Waals surface area contributed by atoms with Crippen molar-refractivity contribution in [3.05, 3.63) is 36.9 Å². The summed E-state index contributed by atoms with van der Waals surface area (Å²) in [6, 6.07) is 6.26. The van der Waals surface area contributed by atoms with E-state index in [9.17, 15) is 0 Å². The van der Waals surface area contributed by atoms with Crippen LogP contribution in [0.5, 0.6) is 0 Å². The minimum Gasteiger partial charge on any atom is -0.401 e. The van der Waals surface area contributed by atoms with Gasteiger partial charge in [0.25, 0.3) is 0 Å². The molecule has 4 aliphatic heterocycles. The van der Waals surface area contributed by atoms with Crippen LogP contribution >= 0.6 is 0 Å². The van der Waals surface area contributed by atoms with Crippen molar-refractivity contribution in [3.8, 4) is 11.3 Å². The molecule has 1 unspecified atom stereocenters. The molecule has 3 saturated heterocycles. The molecule has 1 N–H and O–H groups in total. The van der Waals surface area contributed by atoms with Crippen molar-refractivity contribution < 1.29 is 4.74 Å². The van der Waals surface area contributed by atoms with Crippen molar-refractivity contribution in [1.82, 2.24) is 24.5 Å². The van der Waals surface area contributed by atoms with Crippen molar-refractivity contribution >= 4 is 18.1 Å². The summed E-state index contributed by atoms with van der Waals surface area (Å²) in [6.45, 7) is 3.28. The number of ether oxygens (including phenoxy) is 1. The molecular formula is C18H19N6O+. The molecule has 0 aromatic carbocycles. The van der Waals surface area contributed by atoms with Gasteiger partial charge in [-0.1, -0.05) is 0 Å². The summed E-state index contributed by atoms with van der Waals surface area (Å²) in [5.74, 6) is 1.23. The summed E-state index contributed by atoms with van der Waals surface area (Å²) in [5.41, 5.74) is 1.56. The Balaban J connectivity index is 1.33. The van der Waals surface area contributed by atoms with Gasteiger partial charge >= 0.3 is 6.02 Å². The molecule has 2 aromatic rings. The third kappa shape index (κ3) is 2.58. The number of hydrogen-bond donors (Lipinski definition) is 1. The fraction of sp³-hybridized carbons (Fsp3) is 0.389. The van der Waals surface area contributed by atoms with Gasteiger partial charge in [0.05, 0.1) is 5.69 Å². The highest BCUT2D eigenvalue weighted by atomic mass is 16.5. The molecule has 7 heteroatoms. The Bertz CT molecular complexity index is 855. The third-order valence-corrected chi connectivity index (χ3v) is 5.31. The number of fused-ring (bicyclic) bond motifs is 2. The fourth-order valence-corrected chi connectivity index (χ4v) is 3.99. The van der Waals surface area contributed by atoms with Gasteiger partial charge in [0.2, 0.25) is 17.6 Å². The van der Waals surface area contributed by atoms with Crippen LogP contribution in [0.1, 0.15) is 12.8 Å². The highest BCUT2D eigenvalue weighted by Crippen LogP contribution is 2.38. The molecule has 0 radical (unpaired) electrons. The predicted octanol–water partition coefficient (Wildman–Crippen LogP) is 0.939. The lowest BCUT2D eigenvalue weighted by Gasteiger charge is -2.47. The third-order valence-electron chi connectivity index (χ3n) is 5.31. The fourth-order valence-electron chi connectivity index (χ4n) is 3.99. The average Bonchev–Trinajstić information content (AvgIpc) is 3.05. The molecule has 0 aliphatic carbocycles. The van der Waals surface area contributed by atoms with E-state index in [1.807, 2.05) is 24.4 Å². The van der Waals surface area contributed by atoms with Gasteiger partial charge in [-0.25, -0.2) is 4.98 Å². The lowest BCUT2D eigenvalue weighted by Crippen LogP contribution is -2.61. The molecule has 7 nitrogen and oxygen atoms in total. The summed E-state index contributed by atoms with van der Waals surface area (Å²) in [7, 11) is 0. The van der Waals surface area contributed by atoms with Gasteiger partial charge in [0.1, 0.15) is 6.33 Å². The molecular weight excluding hydrogens is 316 g/mol. The zero-order valence-corrected chi connectivity index (χ0v) is 13.8. The molecule has 25 heavy (non-hydrogen) atoms.